The summed E-state index contributed by atoms with van der Waals surface area (Å²) < 4.78 is 0. The molecule has 1 radical (unpaired) electrons. The molecule has 1 rings (SSSR count). The molecule has 0 aliphatic heterocycles. The van der Waals surface area contributed by atoms with Gasteiger partial charge in [-0.1, -0.05) is 29.8 Å². The molecule has 9 heavy (non-hydrogen) atoms. The zero-order chi connectivity index (χ0) is 5.11. The van der Waals surface area contributed by atoms with Crippen molar-refractivity contribution in [2.75, 3.05) is 0 Å². The number of hydrogen-bond donors (Lipinski definition) is 0. The van der Waals surface area contributed by atoms with Gasteiger partial charge in [0.1, 0.15) is 0 Å². The Morgan fingerprint density at radius 1 is 1.22 bits per heavy atom. The third-order valence-corrected chi connectivity index (χ3v) is 0.885. The van der Waals surface area contributed by atoms with Crippen LogP contribution in [0.15, 0.2) is 24.3 Å². The average Bonchev–Trinajstić information content (AvgIpc) is 1.69. The molecule has 0 saturated heterocycles. The van der Waals surface area contributed by atoms with Gasteiger partial charge in [-0.05, 0) is 13.0 Å². The zero-order valence-corrected chi connectivity index (χ0v) is 4.31. The zero-order valence-electron chi connectivity index (χ0n) is 4.31. The Morgan fingerprint density at radius 2 is 1.67 bits per heavy atom. The van der Waals surface area contributed by atoms with E-state index in [9.17, 15) is 0 Å². The van der Waals surface area contributed by atoms with E-state index in [0.29, 0.717) is 0 Å². The molecule has 0 N–H and O–H groups in total. The molecule has 43 valence electrons. The normalized spacial score (nSPS) is 6.78. The van der Waals surface area contributed by atoms with E-state index in [0.717, 1.165) is 0 Å². The minimum atomic E-state index is 0. The second kappa shape index (κ2) is 6.47. The summed E-state index contributed by atoms with van der Waals surface area (Å²) in [5.41, 5.74) is 1.29. The first-order chi connectivity index (χ1) is 3.39. The van der Waals surface area contributed by atoms with Crippen molar-refractivity contribution in [3.63, 3.8) is 0 Å². The van der Waals surface area contributed by atoms with Crippen molar-refractivity contribution >= 4 is 36.2 Å². The fourth-order valence-electron chi connectivity index (χ4n) is 0.470. The Bertz CT molecular complexity index is 139. The van der Waals surface area contributed by atoms with Crippen LogP contribution in [0.25, 0.3) is 0 Å². The van der Waals surface area contributed by atoms with Crippen LogP contribution in [-0.2, 0) is 0 Å². The summed E-state index contributed by atoms with van der Waals surface area (Å²) in [7, 11) is 0. The van der Waals surface area contributed by atoms with Crippen molar-refractivity contribution in [2.24, 2.45) is 0 Å². The predicted octanol–water partition coefficient (Wildman–Crippen LogP) is -0.0372. The molecule has 0 fully saturated rings. The number of aryl methyl sites for hydroxylation is 1. The molecular formula is C7H11AlLi. The molecule has 0 heterocycles. The summed E-state index contributed by atoms with van der Waals surface area (Å²) in [6, 6.07) is 10.8. The summed E-state index contributed by atoms with van der Waals surface area (Å²) in [5.74, 6) is 0. The first-order valence-corrected chi connectivity index (χ1v) is 2.32. The van der Waals surface area contributed by atoms with Gasteiger partial charge in [-0.25, -0.2) is 0 Å². The van der Waals surface area contributed by atoms with Gasteiger partial charge in [-0.15, -0.1) is 0 Å². The van der Waals surface area contributed by atoms with E-state index in [1.807, 2.05) is 24.3 Å². The van der Waals surface area contributed by atoms with Gasteiger partial charge in [-0.3, -0.25) is 0 Å². The van der Waals surface area contributed by atoms with Crippen molar-refractivity contribution in [1.29, 1.82) is 0 Å². The monoisotopic (exact) mass is 129 g/mol. The van der Waals surface area contributed by atoms with E-state index in [1.54, 1.807) is 0 Å². The molecule has 0 unspecified atom stereocenters. The Labute approximate surface area is 79.0 Å². The van der Waals surface area contributed by atoms with E-state index < -0.39 is 0 Å². The summed E-state index contributed by atoms with van der Waals surface area (Å²) in [6.45, 7) is 2.06. The van der Waals surface area contributed by atoms with Gasteiger partial charge in [0.2, 0.25) is 0 Å². The molecule has 0 aromatic heterocycles. The summed E-state index contributed by atoms with van der Waals surface area (Å²) in [6.07, 6.45) is 0. The van der Waals surface area contributed by atoms with Gasteiger partial charge < -0.3 is 0 Å². The van der Waals surface area contributed by atoms with E-state index in [2.05, 4.69) is 13.0 Å². The third-order valence-electron chi connectivity index (χ3n) is 0.885. The third kappa shape index (κ3) is 4.83. The van der Waals surface area contributed by atoms with Gasteiger partial charge in [-0.2, -0.15) is 0 Å². The van der Waals surface area contributed by atoms with Gasteiger partial charge in [0, 0.05) is 0 Å². The average molecular weight is 129 g/mol. The van der Waals surface area contributed by atoms with Gasteiger partial charge in [0.15, 0.2) is 17.4 Å². The van der Waals surface area contributed by atoms with E-state index in [-0.39, 0.29) is 36.2 Å². The Kier molecular flexibility index (Phi) is 8.67. The summed E-state index contributed by atoms with van der Waals surface area (Å²) in [4.78, 5) is 0. The molecule has 1 aromatic carbocycles. The van der Waals surface area contributed by atoms with Crippen LogP contribution in [0.1, 0.15) is 5.56 Å². The van der Waals surface area contributed by atoms with Crippen LogP contribution in [0.3, 0.4) is 0 Å². The molecule has 0 atom stereocenters. The summed E-state index contributed by atoms with van der Waals surface area (Å²) in [5, 5.41) is 0. The van der Waals surface area contributed by atoms with Crippen LogP contribution in [0.4, 0.5) is 0 Å². The molecule has 0 bridgehead atoms. The van der Waals surface area contributed by atoms with E-state index in [4.69, 9.17) is 0 Å². The van der Waals surface area contributed by atoms with Crippen LogP contribution < -0.4 is 0 Å². The quantitative estimate of drug-likeness (QED) is 0.431. The number of hydrogen-bond acceptors (Lipinski definition) is 0. The molecule has 2 heteroatoms. The van der Waals surface area contributed by atoms with Crippen LogP contribution in [0, 0.1) is 13.0 Å². The predicted molar refractivity (Wildman–Crippen MR) is 47.1 cm³/mol. The van der Waals surface area contributed by atoms with Gasteiger partial charge in [0.25, 0.3) is 0 Å². The molecule has 0 amide bonds. The number of benzene rings is 1. The van der Waals surface area contributed by atoms with E-state index >= 15 is 0 Å². The van der Waals surface area contributed by atoms with Gasteiger partial charge >= 0.3 is 18.9 Å². The van der Waals surface area contributed by atoms with Crippen LogP contribution in [0.2, 0.25) is 0 Å². The van der Waals surface area contributed by atoms with Gasteiger partial charge in [0.05, 0.1) is 0 Å². The maximum atomic E-state index is 2.93. The van der Waals surface area contributed by atoms with Crippen molar-refractivity contribution in [3.8, 4) is 0 Å². The second-order valence-corrected chi connectivity index (χ2v) is 1.58. The fourth-order valence-corrected chi connectivity index (χ4v) is 0.470. The number of rotatable bonds is 0. The fraction of sp³-hybridized carbons (Fsp3) is 0.143. The second-order valence-electron chi connectivity index (χ2n) is 1.58. The van der Waals surface area contributed by atoms with Crippen LogP contribution in [0.5, 0.6) is 0 Å². The van der Waals surface area contributed by atoms with Crippen molar-refractivity contribution in [3.05, 3.63) is 35.9 Å². The Balaban J connectivity index is 0. The maximum absolute atomic E-state index is 2.93. The first-order valence-electron chi connectivity index (χ1n) is 2.32. The Morgan fingerprint density at radius 3 is 1.89 bits per heavy atom. The van der Waals surface area contributed by atoms with Crippen molar-refractivity contribution < 1.29 is 0 Å². The standard InChI is InChI=1S/C7H7.Al.Li.4H/c1-7-5-3-2-4-6-7;;;;;;/h3-6H,1H3;;;;;;. The van der Waals surface area contributed by atoms with Crippen LogP contribution in [-0.4, -0.2) is 36.2 Å². The molecular weight excluding hydrogens is 118 g/mol. The van der Waals surface area contributed by atoms with Crippen molar-refractivity contribution in [2.45, 2.75) is 6.92 Å². The topological polar surface area (TPSA) is 0 Å². The molecule has 0 saturated carbocycles. The Hall–Kier alpha value is 0.350. The summed E-state index contributed by atoms with van der Waals surface area (Å²) >= 11 is 0. The molecule has 0 nitrogen and oxygen atoms in total. The molecule has 0 aliphatic rings. The molecule has 0 spiro atoms. The van der Waals surface area contributed by atoms with E-state index in [1.165, 1.54) is 5.56 Å². The SMILES string of the molecule is Cc1cc[c]cc1.[AlH3].[LiH]. The minimum absolute atomic E-state index is 0. The van der Waals surface area contributed by atoms with Crippen LogP contribution >= 0.6 is 0 Å². The molecule has 0 aliphatic carbocycles. The molecule has 1 aromatic rings. The van der Waals surface area contributed by atoms with Crippen molar-refractivity contribution in [1.82, 2.24) is 0 Å². The first kappa shape index (κ1) is 12.1.